The molecule has 0 aliphatic carbocycles. The number of nitrogens with zero attached hydrogens (tertiary/aromatic N) is 4. The molecule has 0 saturated heterocycles. The average Bonchev–Trinajstić information content (AvgIpc) is 3.50. The Kier molecular flexibility index (Phi) is 6.80. The van der Waals surface area contributed by atoms with Crippen LogP contribution < -0.4 is 4.72 Å². The summed E-state index contributed by atoms with van der Waals surface area (Å²) in [4.78, 5) is 21.9. The SMILES string of the molecule is CCn1c2ccccc2c2cc(-c3nc4cc(C(=O)NS(=O)(=O)c5ccc(C)cn5)ccc4n3CCOC)ccc21. The molecule has 6 rings (SSSR count). The first-order chi connectivity index (χ1) is 19.8. The summed E-state index contributed by atoms with van der Waals surface area (Å²) < 4.78 is 37.4. The molecular formula is C31H29N5O4S. The van der Waals surface area contributed by atoms with Crippen LogP contribution in [0, 0.1) is 6.92 Å². The van der Waals surface area contributed by atoms with Gasteiger partial charge in [-0.05, 0) is 67.9 Å². The van der Waals surface area contributed by atoms with Gasteiger partial charge in [0.15, 0.2) is 5.03 Å². The van der Waals surface area contributed by atoms with E-state index < -0.39 is 15.9 Å². The minimum Gasteiger partial charge on any atom is -0.383 e. The Hall–Kier alpha value is -4.54. The van der Waals surface area contributed by atoms with E-state index in [0.717, 1.165) is 39.9 Å². The minimum absolute atomic E-state index is 0.178. The van der Waals surface area contributed by atoms with Crippen molar-refractivity contribution in [1.29, 1.82) is 0 Å². The first-order valence-corrected chi connectivity index (χ1v) is 14.8. The number of carbonyl (C=O) groups is 1. The van der Waals surface area contributed by atoms with Gasteiger partial charge in [-0.15, -0.1) is 0 Å². The van der Waals surface area contributed by atoms with Crippen LogP contribution in [-0.4, -0.2) is 47.1 Å². The van der Waals surface area contributed by atoms with Crippen molar-refractivity contribution in [3.63, 3.8) is 0 Å². The van der Waals surface area contributed by atoms with E-state index in [2.05, 4.69) is 62.2 Å². The number of benzene rings is 3. The molecule has 0 radical (unpaired) electrons. The van der Waals surface area contributed by atoms with Crippen molar-refractivity contribution in [2.45, 2.75) is 32.0 Å². The first kappa shape index (κ1) is 26.7. The van der Waals surface area contributed by atoms with Gasteiger partial charge in [0.25, 0.3) is 15.9 Å². The van der Waals surface area contributed by atoms with E-state index in [1.165, 1.54) is 23.2 Å². The number of pyridine rings is 1. The minimum atomic E-state index is -4.13. The molecule has 0 aliphatic rings. The third-order valence-electron chi connectivity index (χ3n) is 7.26. The lowest BCUT2D eigenvalue weighted by Gasteiger charge is -2.10. The number of fused-ring (bicyclic) bond motifs is 4. The van der Waals surface area contributed by atoms with Crippen molar-refractivity contribution >= 4 is 48.8 Å². The molecule has 208 valence electrons. The second-order valence-corrected chi connectivity index (χ2v) is 11.5. The number of methoxy groups -OCH3 is 1. The smallest absolute Gasteiger partial charge is 0.281 e. The summed E-state index contributed by atoms with van der Waals surface area (Å²) in [7, 11) is -2.48. The molecule has 0 fully saturated rings. The predicted molar refractivity (Wildman–Crippen MR) is 159 cm³/mol. The van der Waals surface area contributed by atoms with Crippen molar-refractivity contribution in [3.05, 3.63) is 90.1 Å². The average molecular weight is 568 g/mol. The van der Waals surface area contributed by atoms with Crippen LogP contribution in [0.4, 0.5) is 0 Å². The molecule has 0 bridgehead atoms. The van der Waals surface area contributed by atoms with E-state index in [4.69, 9.17) is 9.72 Å². The zero-order chi connectivity index (χ0) is 28.7. The van der Waals surface area contributed by atoms with Crippen LogP contribution in [0.25, 0.3) is 44.2 Å². The fourth-order valence-corrected chi connectivity index (χ4v) is 6.19. The van der Waals surface area contributed by atoms with Gasteiger partial charge in [-0.25, -0.2) is 14.7 Å². The number of rotatable bonds is 8. The van der Waals surface area contributed by atoms with E-state index >= 15 is 0 Å². The zero-order valence-corrected chi connectivity index (χ0v) is 23.8. The van der Waals surface area contributed by atoms with Gasteiger partial charge >= 0.3 is 0 Å². The van der Waals surface area contributed by atoms with Gasteiger partial charge < -0.3 is 13.9 Å². The summed E-state index contributed by atoms with van der Waals surface area (Å²) in [6, 6.07) is 22.7. The van der Waals surface area contributed by atoms with E-state index in [1.807, 2.05) is 6.07 Å². The number of hydrogen-bond acceptors (Lipinski definition) is 6. The Morgan fingerprint density at radius 2 is 1.71 bits per heavy atom. The van der Waals surface area contributed by atoms with E-state index in [0.29, 0.717) is 18.7 Å². The highest BCUT2D eigenvalue weighted by atomic mass is 32.2. The quantitative estimate of drug-likeness (QED) is 0.267. The molecule has 6 aromatic rings. The predicted octanol–water partition coefficient (Wildman–Crippen LogP) is 5.30. The number of sulfonamides is 1. The van der Waals surface area contributed by atoms with E-state index in [1.54, 1.807) is 38.3 Å². The molecule has 0 spiro atoms. The van der Waals surface area contributed by atoms with Gasteiger partial charge in [0.1, 0.15) is 5.82 Å². The zero-order valence-electron chi connectivity index (χ0n) is 23.0. The van der Waals surface area contributed by atoms with Crippen molar-refractivity contribution in [1.82, 2.24) is 23.8 Å². The maximum absolute atomic E-state index is 13.0. The molecule has 3 aromatic carbocycles. The second-order valence-electron chi connectivity index (χ2n) is 9.89. The summed E-state index contributed by atoms with van der Waals surface area (Å²) in [5.41, 5.74) is 5.65. The Balaban J connectivity index is 1.42. The van der Waals surface area contributed by atoms with E-state index in [-0.39, 0.29) is 10.6 Å². The monoisotopic (exact) mass is 567 g/mol. The van der Waals surface area contributed by atoms with E-state index in [9.17, 15) is 13.2 Å². The van der Waals surface area contributed by atoms with Crippen LogP contribution in [-0.2, 0) is 27.8 Å². The summed E-state index contributed by atoms with van der Waals surface area (Å²) in [6.45, 7) is 5.82. The molecule has 41 heavy (non-hydrogen) atoms. The number of imidazole rings is 1. The van der Waals surface area contributed by atoms with Gasteiger partial charge in [0.2, 0.25) is 0 Å². The molecule has 3 aromatic heterocycles. The molecule has 9 nitrogen and oxygen atoms in total. The maximum atomic E-state index is 13.0. The third-order valence-corrected chi connectivity index (χ3v) is 8.51. The summed E-state index contributed by atoms with van der Waals surface area (Å²) in [5.74, 6) is -0.0163. The molecule has 0 aliphatic heterocycles. The first-order valence-electron chi connectivity index (χ1n) is 13.3. The molecular weight excluding hydrogens is 538 g/mol. The summed E-state index contributed by atoms with van der Waals surface area (Å²) >= 11 is 0. The normalized spacial score (nSPS) is 12.0. The highest BCUT2D eigenvalue weighted by molar-refractivity contribution is 7.90. The maximum Gasteiger partial charge on any atom is 0.281 e. The van der Waals surface area contributed by atoms with Crippen LogP contribution in [0.3, 0.4) is 0 Å². The Labute approximate surface area is 237 Å². The Bertz CT molecular complexity index is 2040. The number of carbonyl (C=O) groups excluding carboxylic acids is 1. The molecule has 0 saturated carbocycles. The fraction of sp³-hybridized carbons (Fsp3) is 0.194. The van der Waals surface area contributed by atoms with Gasteiger partial charge in [-0.2, -0.15) is 8.42 Å². The summed E-state index contributed by atoms with van der Waals surface area (Å²) in [5, 5.41) is 2.10. The largest absolute Gasteiger partial charge is 0.383 e. The van der Waals surface area contributed by atoms with Crippen molar-refractivity contribution in [2.75, 3.05) is 13.7 Å². The number of amides is 1. The molecule has 0 unspecified atom stereocenters. The molecule has 10 heteroatoms. The number of aromatic nitrogens is 4. The van der Waals surface area contributed by atoms with Gasteiger partial charge in [0.05, 0.1) is 17.6 Å². The standard InChI is InChI=1S/C31H29N5O4S/c1-4-35-26-8-6-5-7-23(26)24-17-21(10-12-27(24)35)30-33-25-18-22(11-13-28(25)36(30)15-16-40-3)31(37)34-41(38,39)29-14-9-20(2)19-32-29/h5-14,17-19H,4,15-16H2,1-3H3,(H,34,37). The second kappa shape index (κ2) is 10.5. The van der Waals surface area contributed by atoms with Crippen LogP contribution >= 0.6 is 0 Å². The van der Waals surface area contributed by atoms with Crippen molar-refractivity contribution in [2.24, 2.45) is 0 Å². The van der Waals surface area contributed by atoms with Gasteiger partial charge in [-0.3, -0.25) is 4.79 Å². The lowest BCUT2D eigenvalue weighted by atomic mass is 10.1. The van der Waals surface area contributed by atoms with Gasteiger partial charge in [0, 0.05) is 59.3 Å². The number of nitrogens with one attached hydrogen (secondary N) is 1. The van der Waals surface area contributed by atoms with Crippen LogP contribution in [0.5, 0.6) is 0 Å². The highest BCUT2D eigenvalue weighted by Crippen LogP contribution is 2.33. The molecule has 3 heterocycles. The number of para-hydroxylation sites is 1. The highest BCUT2D eigenvalue weighted by Gasteiger charge is 2.22. The van der Waals surface area contributed by atoms with Crippen LogP contribution in [0.15, 0.2) is 84.0 Å². The Morgan fingerprint density at radius 1 is 0.927 bits per heavy atom. The van der Waals surface area contributed by atoms with Crippen LogP contribution in [0.1, 0.15) is 22.8 Å². The molecule has 1 amide bonds. The lowest BCUT2D eigenvalue weighted by Crippen LogP contribution is -2.31. The van der Waals surface area contributed by atoms with Crippen LogP contribution in [0.2, 0.25) is 0 Å². The lowest BCUT2D eigenvalue weighted by molar-refractivity contribution is 0.0981. The summed E-state index contributed by atoms with van der Waals surface area (Å²) in [6.07, 6.45) is 1.44. The molecule has 1 N–H and O–H groups in total. The van der Waals surface area contributed by atoms with Crippen molar-refractivity contribution < 1.29 is 17.9 Å². The number of aryl methyl sites for hydroxylation is 2. The number of hydrogen-bond donors (Lipinski definition) is 1. The fourth-order valence-electron chi connectivity index (χ4n) is 5.28. The number of ether oxygens (including phenoxy) is 1. The third kappa shape index (κ3) is 4.75. The van der Waals surface area contributed by atoms with Gasteiger partial charge in [-0.1, -0.05) is 24.3 Å². The molecule has 0 atom stereocenters. The topological polar surface area (TPSA) is 108 Å². The van der Waals surface area contributed by atoms with Crippen molar-refractivity contribution in [3.8, 4) is 11.4 Å². The Morgan fingerprint density at radius 3 is 2.46 bits per heavy atom.